The third kappa shape index (κ3) is 2.84. The highest BCUT2D eigenvalue weighted by Crippen LogP contribution is 2.34. The highest BCUT2D eigenvalue weighted by molar-refractivity contribution is 6.26. The molecule has 20 heavy (non-hydrogen) atoms. The topological polar surface area (TPSA) is 24.7 Å². The van der Waals surface area contributed by atoms with Crippen molar-refractivity contribution < 1.29 is 0 Å². The van der Waals surface area contributed by atoms with E-state index < -0.39 is 0 Å². The molecule has 1 unspecified atom stereocenters. The van der Waals surface area contributed by atoms with Crippen LogP contribution in [-0.2, 0) is 0 Å². The van der Waals surface area contributed by atoms with Gasteiger partial charge in [0, 0.05) is 11.6 Å². The molecule has 108 valence electrons. The molecule has 1 atom stereocenters. The van der Waals surface area contributed by atoms with Crippen LogP contribution in [0.1, 0.15) is 54.4 Å². The first-order valence-corrected chi connectivity index (χ1v) is 7.69. The quantitative estimate of drug-likeness (QED) is 0.665. The number of allylic oxidation sites excluding steroid dienone is 5. The first kappa shape index (κ1) is 15.0. The second-order valence-electron chi connectivity index (χ2n) is 6.23. The summed E-state index contributed by atoms with van der Waals surface area (Å²) in [5.74, 6) is 0. The standard InChI is InChI=1S/C18H26N2/c1-7-14-11-18(6,8-2)20-17-13(5)9-15(10-16(14)17)19-12(3)4/h9-12H,7-8H2,1-6H3. The number of hydrogen-bond acceptors (Lipinski definition) is 2. The normalized spacial score (nSPS) is 27.9. The Bertz CT molecular complexity index is 556. The molecule has 0 spiro atoms. The monoisotopic (exact) mass is 270 g/mol. The van der Waals surface area contributed by atoms with Gasteiger partial charge in [0.15, 0.2) is 0 Å². The number of nitrogens with zero attached hydrogens (tertiary/aromatic N) is 2. The molecule has 0 fully saturated rings. The van der Waals surface area contributed by atoms with E-state index in [2.05, 4.69) is 64.8 Å². The van der Waals surface area contributed by atoms with Gasteiger partial charge in [0.2, 0.25) is 0 Å². The molecule has 1 heterocycles. The summed E-state index contributed by atoms with van der Waals surface area (Å²) in [6, 6.07) is 0.322. The smallest absolute Gasteiger partial charge is 0.0770 e. The third-order valence-electron chi connectivity index (χ3n) is 3.99. The van der Waals surface area contributed by atoms with Gasteiger partial charge in [-0.1, -0.05) is 19.9 Å². The zero-order chi connectivity index (χ0) is 14.9. The summed E-state index contributed by atoms with van der Waals surface area (Å²) >= 11 is 0. The molecule has 0 saturated carbocycles. The molecule has 0 N–H and O–H groups in total. The Morgan fingerprint density at radius 2 is 1.95 bits per heavy atom. The summed E-state index contributed by atoms with van der Waals surface area (Å²) in [6.45, 7) is 13.0. The molecule has 0 aromatic carbocycles. The molecular formula is C18H26N2. The summed E-state index contributed by atoms with van der Waals surface area (Å²) in [5.41, 5.74) is 6.10. The van der Waals surface area contributed by atoms with E-state index >= 15 is 0 Å². The van der Waals surface area contributed by atoms with Crippen LogP contribution < -0.4 is 0 Å². The molecule has 0 amide bonds. The van der Waals surface area contributed by atoms with E-state index in [1.807, 2.05) is 0 Å². The molecule has 0 bridgehead atoms. The average Bonchev–Trinajstić information content (AvgIpc) is 2.38. The van der Waals surface area contributed by atoms with Crippen LogP contribution in [0.4, 0.5) is 0 Å². The number of hydrogen-bond donors (Lipinski definition) is 0. The largest absolute Gasteiger partial charge is 0.283 e. The van der Waals surface area contributed by atoms with Crippen molar-refractivity contribution in [3.8, 4) is 0 Å². The van der Waals surface area contributed by atoms with Crippen molar-refractivity contribution in [2.24, 2.45) is 9.98 Å². The maximum atomic E-state index is 5.00. The maximum Gasteiger partial charge on any atom is 0.0770 e. The minimum absolute atomic E-state index is 0.0557. The Kier molecular flexibility index (Phi) is 4.12. The lowest BCUT2D eigenvalue weighted by atomic mass is 9.81. The van der Waals surface area contributed by atoms with Crippen molar-refractivity contribution in [1.29, 1.82) is 0 Å². The van der Waals surface area contributed by atoms with E-state index in [9.17, 15) is 0 Å². The molecule has 2 aliphatic rings. The highest BCUT2D eigenvalue weighted by Gasteiger charge is 2.29. The average molecular weight is 270 g/mol. The van der Waals surface area contributed by atoms with Crippen molar-refractivity contribution in [3.05, 3.63) is 34.9 Å². The lowest BCUT2D eigenvalue weighted by molar-refractivity contribution is 0.558. The van der Waals surface area contributed by atoms with Gasteiger partial charge in [-0.25, -0.2) is 0 Å². The Morgan fingerprint density at radius 3 is 2.50 bits per heavy atom. The molecular weight excluding hydrogens is 244 g/mol. The van der Waals surface area contributed by atoms with Gasteiger partial charge in [-0.15, -0.1) is 0 Å². The molecule has 0 aromatic rings. The number of dihydropyridines is 1. The van der Waals surface area contributed by atoms with E-state index in [-0.39, 0.29) is 5.54 Å². The van der Waals surface area contributed by atoms with Gasteiger partial charge in [0.1, 0.15) is 0 Å². The number of fused-ring (bicyclic) bond motifs is 1. The van der Waals surface area contributed by atoms with Crippen LogP contribution in [0.2, 0.25) is 0 Å². The van der Waals surface area contributed by atoms with E-state index in [1.54, 1.807) is 0 Å². The molecule has 2 heteroatoms. The van der Waals surface area contributed by atoms with Gasteiger partial charge in [-0.3, -0.25) is 9.98 Å². The zero-order valence-corrected chi connectivity index (χ0v) is 13.6. The van der Waals surface area contributed by atoms with Crippen LogP contribution in [0.25, 0.3) is 0 Å². The van der Waals surface area contributed by atoms with Crippen molar-refractivity contribution in [2.75, 3.05) is 0 Å². The zero-order valence-electron chi connectivity index (χ0n) is 13.6. The molecule has 0 radical (unpaired) electrons. The van der Waals surface area contributed by atoms with Crippen molar-refractivity contribution in [1.82, 2.24) is 0 Å². The Morgan fingerprint density at radius 1 is 1.25 bits per heavy atom. The lowest BCUT2D eigenvalue weighted by Crippen LogP contribution is -2.29. The fourth-order valence-corrected chi connectivity index (χ4v) is 2.74. The lowest BCUT2D eigenvalue weighted by Gasteiger charge is -2.31. The molecule has 1 aliphatic heterocycles. The van der Waals surface area contributed by atoms with Crippen LogP contribution >= 0.6 is 0 Å². The minimum Gasteiger partial charge on any atom is -0.283 e. The van der Waals surface area contributed by atoms with E-state index in [4.69, 9.17) is 4.99 Å². The van der Waals surface area contributed by atoms with Crippen molar-refractivity contribution >= 4 is 11.4 Å². The molecule has 2 rings (SSSR count). The van der Waals surface area contributed by atoms with Crippen LogP contribution in [0.3, 0.4) is 0 Å². The number of aliphatic imine (C=N–C) groups is 2. The van der Waals surface area contributed by atoms with Gasteiger partial charge in [-0.05, 0) is 63.8 Å². The Balaban J connectivity index is 2.53. The predicted octanol–water partition coefficient (Wildman–Crippen LogP) is 4.68. The van der Waals surface area contributed by atoms with E-state index in [0.717, 1.165) is 24.3 Å². The van der Waals surface area contributed by atoms with Gasteiger partial charge in [-0.2, -0.15) is 0 Å². The second kappa shape index (κ2) is 5.51. The Hall–Kier alpha value is -1.44. The Labute approximate surface area is 123 Å². The second-order valence-corrected chi connectivity index (χ2v) is 6.23. The predicted molar refractivity (Wildman–Crippen MR) is 88.9 cm³/mol. The molecule has 1 aliphatic carbocycles. The van der Waals surface area contributed by atoms with Crippen molar-refractivity contribution in [3.63, 3.8) is 0 Å². The van der Waals surface area contributed by atoms with Crippen LogP contribution in [0.5, 0.6) is 0 Å². The van der Waals surface area contributed by atoms with Gasteiger partial charge < -0.3 is 0 Å². The summed E-state index contributed by atoms with van der Waals surface area (Å²) in [7, 11) is 0. The van der Waals surface area contributed by atoms with Gasteiger partial charge in [0.25, 0.3) is 0 Å². The van der Waals surface area contributed by atoms with Crippen molar-refractivity contribution in [2.45, 2.75) is 66.0 Å². The van der Waals surface area contributed by atoms with Gasteiger partial charge >= 0.3 is 0 Å². The maximum absolute atomic E-state index is 5.00. The fraction of sp³-hybridized carbons (Fsp3) is 0.556. The highest BCUT2D eigenvalue weighted by atomic mass is 14.9. The minimum atomic E-state index is -0.0557. The summed E-state index contributed by atoms with van der Waals surface area (Å²) in [4.78, 5) is 9.68. The molecule has 2 nitrogen and oxygen atoms in total. The van der Waals surface area contributed by atoms with Gasteiger partial charge in [0.05, 0.1) is 17.0 Å². The number of rotatable bonds is 3. The molecule has 0 saturated heterocycles. The van der Waals surface area contributed by atoms with E-state index in [1.165, 1.54) is 16.7 Å². The summed E-state index contributed by atoms with van der Waals surface area (Å²) in [6.07, 6.45) is 8.79. The van der Waals surface area contributed by atoms with E-state index in [0.29, 0.717) is 6.04 Å². The first-order valence-electron chi connectivity index (χ1n) is 7.69. The van der Waals surface area contributed by atoms with Crippen LogP contribution in [-0.4, -0.2) is 23.0 Å². The third-order valence-corrected chi connectivity index (χ3v) is 3.99. The molecule has 0 aromatic heterocycles. The SMILES string of the molecule is CCC1=CC(C)(CC)N=C2C(C)=CC(=NC(C)C)C=C12. The fourth-order valence-electron chi connectivity index (χ4n) is 2.74. The summed E-state index contributed by atoms with van der Waals surface area (Å²) < 4.78 is 0. The van der Waals surface area contributed by atoms with Crippen LogP contribution in [0.15, 0.2) is 44.9 Å². The summed E-state index contributed by atoms with van der Waals surface area (Å²) in [5, 5.41) is 0. The first-order chi connectivity index (χ1) is 9.38. The van der Waals surface area contributed by atoms with Crippen LogP contribution in [0, 0.1) is 0 Å².